The van der Waals surface area contributed by atoms with Crippen molar-refractivity contribution < 1.29 is 9.90 Å². The highest BCUT2D eigenvalue weighted by Crippen LogP contribution is 2.23. The Morgan fingerprint density at radius 3 is 1.92 bits per heavy atom. The lowest BCUT2D eigenvalue weighted by Gasteiger charge is -2.08. The number of aliphatic carboxylic acids is 1. The zero-order valence-corrected chi connectivity index (χ0v) is 13.9. The second kappa shape index (κ2) is 8.11. The maximum absolute atomic E-state index is 11.1. The van der Waals surface area contributed by atoms with E-state index >= 15 is 0 Å². The molecule has 0 saturated heterocycles. The standard InChI is InChI=1S/C23H20O2/c24-23(25)17-22(20-9-5-2-6-10-20)16-13-18-11-14-21(15-12-18)19-7-3-1-4-8-19/h1-12,14-15,17H,13,16H2,(H,24,25). The number of hydrogen-bond acceptors (Lipinski definition) is 1. The Bertz CT molecular complexity index is 848. The maximum Gasteiger partial charge on any atom is 0.328 e. The molecule has 0 aromatic heterocycles. The van der Waals surface area contributed by atoms with Gasteiger partial charge in [0, 0.05) is 6.08 Å². The van der Waals surface area contributed by atoms with Gasteiger partial charge in [0.25, 0.3) is 0 Å². The Morgan fingerprint density at radius 1 is 0.760 bits per heavy atom. The zero-order valence-electron chi connectivity index (χ0n) is 13.9. The molecule has 3 rings (SSSR count). The molecule has 2 heteroatoms. The van der Waals surface area contributed by atoms with E-state index in [1.807, 2.05) is 48.5 Å². The van der Waals surface area contributed by atoms with E-state index in [1.165, 1.54) is 22.8 Å². The molecule has 0 atom stereocenters. The largest absolute Gasteiger partial charge is 0.478 e. The highest BCUT2D eigenvalue weighted by Gasteiger charge is 2.05. The Hall–Kier alpha value is -3.13. The second-order valence-corrected chi connectivity index (χ2v) is 5.94. The monoisotopic (exact) mass is 328 g/mol. The zero-order chi connectivity index (χ0) is 17.5. The van der Waals surface area contributed by atoms with Gasteiger partial charge in [-0.05, 0) is 40.7 Å². The van der Waals surface area contributed by atoms with Gasteiger partial charge in [0.15, 0.2) is 0 Å². The summed E-state index contributed by atoms with van der Waals surface area (Å²) in [7, 11) is 0. The first kappa shape index (κ1) is 16.7. The van der Waals surface area contributed by atoms with E-state index in [9.17, 15) is 4.79 Å². The minimum Gasteiger partial charge on any atom is -0.478 e. The highest BCUT2D eigenvalue weighted by atomic mass is 16.4. The summed E-state index contributed by atoms with van der Waals surface area (Å²) in [4.78, 5) is 11.1. The molecule has 25 heavy (non-hydrogen) atoms. The summed E-state index contributed by atoms with van der Waals surface area (Å²) < 4.78 is 0. The first-order valence-corrected chi connectivity index (χ1v) is 8.35. The van der Waals surface area contributed by atoms with Crippen molar-refractivity contribution in [3.8, 4) is 11.1 Å². The SMILES string of the molecule is O=C(O)C=C(CCc1ccc(-c2ccccc2)cc1)c1ccccc1. The van der Waals surface area contributed by atoms with Crippen LogP contribution in [0.2, 0.25) is 0 Å². The topological polar surface area (TPSA) is 37.3 Å². The van der Waals surface area contributed by atoms with Crippen LogP contribution >= 0.6 is 0 Å². The van der Waals surface area contributed by atoms with Crippen molar-refractivity contribution in [2.24, 2.45) is 0 Å². The van der Waals surface area contributed by atoms with Crippen LogP contribution < -0.4 is 0 Å². The van der Waals surface area contributed by atoms with E-state index in [1.54, 1.807) is 0 Å². The molecule has 0 fully saturated rings. The number of aryl methyl sites for hydroxylation is 1. The fourth-order valence-electron chi connectivity index (χ4n) is 2.87. The van der Waals surface area contributed by atoms with E-state index in [2.05, 4.69) is 36.4 Å². The van der Waals surface area contributed by atoms with E-state index in [0.717, 1.165) is 17.6 Å². The van der Waals surface area contributed by atoms with Gasteiger partial charge < -0.3 is 5.11 Å². The van der Waals surface area contributed by atoms with Crippen LogP contribution in [0.4, 0.5) is 0 Å². The minimum atomic E-state index is -0.904. The smallest absolute Gasteiger partial charge is 0.328 e. The molecule has 0 bridgehead atoms. The highest BCUT2D eigenvalue weighted by molar-refractivity contribution is 5.90. The van der Waals surface area contributed by atoms with Crippen LogP contribution in [0.15, 0.2) is 91.0 Å². The van der Waals surface area contributed by atoms with Crippen molar-refractivity contribution in [1.29, 1.82) is 0 Å². The number of carbonyl (C=O) groups is 1. The van der Waals surface area contributed by atoms with Gasteiger partial charge in [0.2, 0.25) is 0 Å². The molecule has 0 radical (unpaired) electrons. The summed E-state index contributed by atoms with van der Waals surface area (Å²) in [5.41, 5.74) is 5.40. The lowest BCUT2D eigenvalue weighted by atomic mass is 9.96. The van der Waals surface area contributed by atoms with E-state index in [0.29, 0.717) is 6.42 Å². The Morgan fingerprint density at radius 2 is 1.32 bits per heavy atom. The van der Waals surface area contributed by atoms with Gasteiger partial charge in [-0.1, -0.05) is 84.9 Å². The van der Waals surface area contributed by atoms with Crippen molar-refractivity contribution in [2.45, 2.75) is 12.8 Å². The first-order valence-electron chi connectivity index (χ1n) is 8.35. The number of allylic oxidation sites excluding steroid dienone is 1. The lowest BCUT2D eigenvalue weighted by Crippen LogP contribution is -1.95. The molecule has 124 valence electrons. The van der Waals surface area contributed by atoms with Crippen LogP contribution in [-0.4, -0.2) is 11.1 Å². The Balaban J connectivity index is 1.72. The average Bonchev–Trinajstić information content (AvgIpc) is 2.67. The number of benzene rings is 3. The van der Waals surface area contributed by atoms with Crippen molar-refractivity contribution in [3.05, 3.63) is 102 Å². The Kier molecular flexibility index (Phi) is 5.43. The molecule has 0 aliphatic rings. The van der Waals surface area contributed by atoms with Gasteiger partial charge in [-0.2, -0.15) is 0 Å². The maximum atomic E-state index is 11.1. The number of carboxylic acids is 1. The van der Waals surface area contributed by atoms with Crippen molar-refractivity contribution in [2.75, 3.05) is 0 Å². The van der Waals surface area contributed by atoms with Crippen molar-refractivity contribution in [3.63, 3.8) is 0 Å². The van der Waals surface area contributed by atoms with Crippen LogP contribution in [0.1, 0.15) is 17.5 Å². The number of carboxylic acid groups (broad SMARTS) is 1. The van der Waals surface area contributed by atoms with Crippen LogP contribution in [0.25, 0.3) is 16.7 Å². The van der Waals surface area contributed by atoms with Gasteiger partial charge in [0.05, 0.1) is 0 Å². The van der Waals surface area contributed by atoms with Gasteiger partial charge in [0.1, 0.15) is 0 Å². The van der Waals surface area contributed by atoms with Crippen LogP contribution in [0, 0.1) is 0 Å². The van der Waals surface area contributed by atoms with Gasteiger partial charge in [-0.3, -0.25) is 0 Å². The van der Waals surface area contributed by atoms with E-state index in [4.69, 9.17) is 5.11 Å². The van der Waals surface area contributed by atoms with E-state index in [-0.39, 0.29) is 0 Å². The number of rotatable bonds is 6. The molecule has 0 aliphatic heterocycles. The molecule has 3 aromatic rings. The van der Waals surface area contributed by atoms with Gasteiger partial charge in [-0.15, -0.1) is 0 Å². The van der Waals surface area contributed by atoms with Crippen LogP contribution in [0.3, 0.4) is 0 Å². The molecule has 2 nitrogen and oxygen atoms in total. The molecule has 3 aromatic carbocycles. The van der Waals surface area contributed by atoms with Gasteiger partial charge >= 0.3 is 5.97 Å². The molecule has 0 saturated carbocycles. The number of hydrogen-bond donors (Lipinski definition) is 1. The third kappa shape index (κ3) is 4.67. The van der Waals surface area contributed by atoms with Crippen molar-refractivity contribution in [1.82, 2.24) is 0 Å². The molecular formula is C23H20O2. The molecule has 0 amide bonds. The molecule has 0 spiro atoms. The summed E-state index contributed by atoms with van der Waals surface area (Å²) in [5.74, 6) is -0.904. The summed E-state index contributed by atoms with van der Waals surface area (Å²) >= 11 is 0. The third-order valence-corrected chi connectivity index (χ3v) is 4.19. The summed E-state index contributed by atoms with van der Waals surface area (Å²) in [6.07, 6.45) is 2.82. The first-order chi connectivity index (χ1) is 12.2. The summed E-state index contributed by atoms with van der Waals surface area (Å²) in [5, 5.41) is 9.13. The van der Waals surface area contributed by atoms with Crippen molar-refractivity contribution >= 4 is 11.5 Å². The molecule has 0 unspecified atom stereocenters. The van der Waals surface area contributed by atoms with E-state index < -0.39 is 5.97 Å². The molecular weight excluding hydrogens is 308 g/mol. The molecule has 0 heterocycles. The summed E-state index contributed by atoms with van der Waals surface area (Å²) in [6.45, 7) is 0. The molecule has 1 N–H and O–H groups in total. The van der Waals surface area contributed by atoms with Gasteiger partial charge in [-0.25, -0.2) is 4.79 Å². The predicted octanol–water partition coefficient (Wildman–Crippen LogP) is 5.45. The predicted molar refractivity (Wildman–Crippen MR) is 102 cm³/mol. The minimum absolute atomic E-state index is 0.695. The van der Waals surface area contributed by atoms with Crippen LogP contribution in [-0.2, 0) is 11.2 Å². The van der Waals surface area contributed by atoms with Crippen LogP contribution in [0.5, 0.6) is 0 Å². The molecule has 0 aliphatic carbocycles. The average molecular weight is 328 g/mol. The normalized spacial score (nSPS) is 11.3. The fraction of sp³-hybridized carbons (Fsp3) is 0.0870. The third-order valence-electron chi connectivity index (χ3n) is 4.19. The Labute approximate surface area is 148 Å². The second-order valence-electron chi connectivity index (χ2n) is 5.94. The summed E-state index contributed by atoms with van der Waals surface area (Å²) in [6, 6.07) is 28.4. The lowest BCUT2D eigenvalue weighted by molar-refractivity contribution is -0.131. The quantitative estimate of drug-likeness (QED) is 0.611. The fourth-order valence-corrected chi connectivity index (χ4v) is 2.87.